The van der Waals surface area contributed by atoms with Gasteiger partial charge in [0.15, 0.2) is 5.96 Å². The topological polar surface area (TPSA) is 48.9 Å². The van der Waals surface area contributed by atoms with Gasteiger partial charge in [-0.2, -0.15) is 0 Å². The molecule has 0 amide bonds. The Balaban J connectivity index is 4.00. The van der Waals surface area contributed by atoms with E-state index in [1.165, 1.54) is 6.42 Å². The number of ether oxygens (including phenoxy) is 1. The van der Waals surface area contributed by atoms with E-state index in [0.717, 1.165) is 64.7 Å². The molecule has 0 aliphatic carbocycles. The minimum absolute atomic E-state index is 0.475. The molecule has 5 heteroatoms. The SMILES string of the molecule is CCCCOCCCNC(=NCC(C)N(CC)CC)NCC. The molecule has 0 bridgehead atoms. The molecule has 0 fully saturated rings. The summed E-state index contributed by atoms with van der Waals surface area (Å²) in [5.74, 6) is 0.912. The fourth-order valence-corrected chi connectivity index (χ4v) is 2.26. The Morgan fingerprint density at radius 1 is 1.05 bits per heavy atom. The normalized spacial score (nSPS) is 13.5. The zero-order valence-electron chi connectivity index (χ0n) is 15.5. The minimum atomic E-state index is 0.475. The van der Waals surface area contributed by atoms with Crippen LogP contribution in [0.25, 0.3) is 0 Å². The molecule has 2 N–H and O–H groups in total. The number of hydrogen-bond donors (Lipinski definition) is 2. The van der Waals surface area contributed by atoms with Gasteiger partial charge in [-0.3, -0.25) is 9.89 Å². The van der Waals surface area contributed by atoms with E-state index < -0.39 is 0 Å². The van der Waals surface area contributed by atoms with Crippen molar-refractivity contribution in [3.8, 4) is 0 Å². The summed E-state index contributed by atoms with van der Waals surface area (Å²) in [4.78, 5) is 7.11. The molecule has 132 valence electrons. The highest BCUT2D eigenvalue weighted by Gasteiger charge is 2.09. The number of likely N-dealkylation sites (N-methyl/N-ethyl adjacent to an activating group) is 1. The van der Waals surface area contributed by atoms with Crippen molar-refractivity contribution in [3.63, 3.8) is 0 Å². The summed E-state index contributed by atoms with van der Waals surface area (Å²) in [6, 6.07) is 0.475. The van der Waals surface area contributed by atoms with Crippen molar-refractivity contribution in [3.05, 3.63) is 0 Å². The molecule has 22 heavy (non-hydrogen) atoms. The van der Waals surface area contributed by atoms with E-state index in [4.69, 9.17) is 4.74 Å². The molecule has 0 saturated carbocycles. The zero-order valence-corrected chi connectivity index (χ0v) is 15.5. The van der Waals surface area contributed by atoms with E-state index in [2.05, 4.69) is 55.1 Å². The summed E-state index contributed by atoms with van der Waals surface area (Å²) < 4.78 is 5.57. The van der Waals surface area contributed by atoms with Gasteiger partial charge in [0.2, 0.25) is 0 Å². The van der Waals surface area contributed by atoms with Gasteiger partial charge in [-0.15, -0.1) is 0 Å². The number of aliphatic imine (C=N–C) groups is 1. The molecular weight excluding hydrogens is 276 g/mol. The Morgan fingerprint density at radius 2 is 1.73 bits per heavy atom. The Hall–Kier alpha value is -0.810. The summed E-state index contributed by atoms with van der Waals surface area (Å²) in [7, 11) is 0. The number of nitrogens with zero attached hydrogens (tertiary/aromatic N) is 2. The molecule has 0 aromatic heterocycles. The van der Waals surface area contributed by atoms with Crippen LogP contribution in [0.3, 0.4) is 0 Å². The lowest BCUT2D eigenvalue weighted by atomic mass is 10.3. The standard InChI is InChI=1S/C17H38N4O/c1-6-10-13-22-14-11-12-19-17(18-7-2)20-15-16(5)21(8-3)9-4/h16H,6-15H2,1-5H3,(H2,18,19,20). The number of nitrogens with one attached hydrogen (secondary N) is 2. The first kappa shape index (κ1) is 21.2. The van der Waals surface area contributed by atoms with Gasteiger partial charge in [0, 0.05) is 32.3 Å². The van der Waals surface area contributed by atoms with Crippen LogP contribution in [0.2, 0.25) is 0 Å². The second kappa shape index (κ2) is 15.1. The smallest absolute Gasteiger partial charge is 0.191 e. The third-order valence-corrected chi connectivity index (χ3v) is 3.69. The maximum absolute atomic E-state index is 5.57. The van der Waals surface area contributed by atoms with Gasteiger partial charge >= 0.3 is 0 Å². The Bertz CT molecular complexity index is 267. The van der Waals surface area contributed by atoms with Crippen molar-refractivity contribution in [1.29, 1.82) is 0 Å². The fraction of sp³-hybridized carbons (Fsp3) is 0.941. The summed E-state index contributed by atoms with van der Waals surface area (Å²) in [6.07, 6.45) is 3.36. The van der Waals surface area contributed by atoms with Crippen molar-refractivity contribution in [1.82, 2.24) is 15.5 Å². The number of guanidine groups is 1. The summed E-state index contributed by atoms with van der Waals surface area (Å²) in [5.41, 5.74) is 0. The summed E-state index contributed by atoms with van der Waals surface area (Å²) in [6.45, 7) is 17.4. The van der Waals surface area contributed by atoms with Crippen LogP contribution in [-0.4, -0.2) is 62.8 Å². The average molecular weight is 315 g/mol. The van der Waals surface area contributed by atoms with Crippen LogP contribution < -0.4 is 10.6 Å². The number of rotatable bonds is 13. The van der Waals surface area contributed by atoms with E-state index in [1.807, 2.05) is 0 Å². The molecule has 1 unspecified atom stereocenters. The highest BCUT2D eigenvalue weighted by molar-refractivity contribution is 5.79. The third-order valence-electron chi connectivity index (χ3n) is 3.69. The first-order valence-corrected chi connectivity index (χ1v) is 9.03. The highest BCUT2D eigenvalue weighted by atomic mass is 16.5. The fourth-order valence-electron chi connectivity index (χ4n) is 2.26. The van der Waals surface area contributed by atoms with E-state index in [1.54, 1.807) is 0 Å². The van der Waals surface area contributed by atoms with Crippen molar-refractivity contribution in [2.24, 2.45) is 4.99 Å². The largest absolute Gasteiger partial charge is 0.381 e. The van der Waals surface area contributed by atoms with Crippen LogP contribution in [0.1, 0.15) is 53.9 Å². The second-order valence-corrected chi connectivity index (χ2v) is 5.54. The minimum Gasteiger partial charge on any atom is -0.381 e. The van der Waals surface area contributed by atoms with Gasteiger partial charge in [0.05, 0.1) is 6.54 Å². The van der Waals surface area contributed by atoms with Crippen LogP contribution in [0.15, 0.2) is 4.99 Å². The molecule has 0 aromatic carbocycles. The van der Waals surface area contributed by atoms with Crippen molar-refractivity contribution in [2.75, 3.05) is 45.9 Å². The van der Waals surface area contributed by atoms with Crippen molar-refractivity contribution < 1.29 is 4.74 Å². The number of unbranched alkanes of at least 4 members (excludes halogenated alkanes) is 1. The summed E-state index contributed by atoms with van der Waals surface area (Å²) in [5, 5.41) is 6.69. The van der Waals surface area contributed by atoms with E-state index >= 15 is 0 Å². The van der Waals surface area contributed by atoms with Crippen LogP contribution >= 0.6 is 0 Å². The van der Waals surface area contributed by atoms with E-state index in [-0.39, 0.29) is 0 Å². The molecule has 0 aliphatic rings. The Morgan fingerprint density at radius 3 is 2.32 bits per heavy atom. The van der Waals surface area contributed by atoms with Crippen LogP contribution in [-0.2, 0) is 4.74 Å². The zero-order chi connectivity index (χ0) is 16.6. The molecule has 0 spiro atoms. The van der Waals surface area contributed by atoms with E-state index in [9.17, 15) is 0 Å². The number of hydrogen-bond acceptors (Lipinski definition) is 3. The quantitative estimate of drug-likeness (QED) is 0.311. The molecular formula is C17H38N4O. The molecule has 0 rings (SSSR count). The highest BCUT2D eigenvalue weighted by Crippen LogP contribution is 1.98. The second-order valence-electron chi connectivity index (χ2n) is 5.54. The molecule has 0 aliphatic heterocycles. The Labute approximate surface area is 137 Å². The Kier molecular flexibility index (Phi) is 14.5. The van der Waals surface area contributed by atoms with Crippen molar-refractivity contribution in [2.45, 2.75) is 59.9 Å². The molecule has 0 aromatic rings. The molecule has 0 radical (unpaired) electrons. The maximum Gasteiger partial charge on any atom is 0.191 e. The first-order valence-electron chi connectivity index (χ1n) is 9.03. The molecule has 5 nitrogen and oxygen atoms in total. The van der Waals surface area contributed by atoms with Gasteiger partial charge in [0.25, 0.3) is 0 Å². The lowest BCUT2D eigenvalue weighted by molar-refractivity contribution is 0.129. The molecule has 1 atom stereocenters. The van der Waals surface area contributed by atoms with Gasteiger partial charge in [-0.25, -0.2) is 0 Å². The lowest BCUT2D eigenvalue weighted by Crippen LogP contribution is -2.40. The lowest BCUT2D eigenvalue weighted by Gasteiger charge is -2.25. The third kappa shape index (κ3) is 10.9. The maximum atomic E-state index is 5.57. The molecule has 0 heterocycles. The van der Waals surface area contributed by atoms with Crippen LogP contribution in [0.4, 0.5) is 0 Å². The first-order chi connectivity index (χ1) is 10.7. The summed E-state index contributed by atoms with van der Waals surface area (Å²) >= 11 is 0. The monoisotopic (exact) mass is 314 g/mol. The van der Waals surface area contributed by atoms with Crippen LogP contribution in [0.5, 0.6) is 0 Å². The van der Waals surface area contributed by atoms with Gasteiger partial charge in [-0.1, -0.05) is 27.2 Å². The van der Waals surface area contributed by atoms with Crippen molar-refractivity contribution >= 4 is 5.96 Å². The average Bonchev–Trinajstić information content (AvgIpc) is 2.52. The predicted molar refractivity (Wildman–Crippen MR) is 96.7 cm³/mol. The van der Waals surface area contributed by atoms with Crippen LogP contribution in [0, 0.1) is 0 Å². The molecule has 0 saturated heterocycles. The van der Waals surface area contributed by atoms with Gasteiger partial charge in [-0.05, 0) is 39.8 Å². The van der Waals surface area contributed by atoms with Gasteiger partial charge < -0.3 is 15.4 Å². The van der Waals surface area contributed by atoms with Gasteiger partial charge in [0.1, 0.15) is 0 Å². The van der Waals surface area contributed by atoms with E-state index in [0.29, 0.717) is 6.04 Å². The predicted octanol–water partition coefficient (Wildman–Crippen LogP) is 2.48.